The second kappa shape index (κ2) is 8.56. The Labute approximate surface area is 162 Å². The number of ether oxygens (including phenoxy) is 1. The molecule has 0 aliphatic carbocycles. The minimum Gasteiger partial charge on any atom is -0.494 e. The van der Waals surface area contributed by atoms with Crippen molar-refractivity contribution in [3.63, 3.8) is 0 Å². The fraction of sp³-hybridized carbons (Fsp3) is 0.286. The van der Waals surface area contributed by atoms with Crippen LogP contribution in [0, 0.1) is 0 Å². The Kier molecular flexibility index (Phi) is 5.93. The van der Waals surface area contributed by atoms with Gasteiger partial charge in [-0.1, -0.05) is 19.1 Å². The number of carbonyl (C=O) groups is 3. The predicted octanol–water partition coefficient (Wildman–Crippen LogP) is 2.85. The Hall–Kier alpha value is -3.35. The first-order valence-electron chi connectivity index (χ1n) is 9.15. The van der Waals surface area contributed by atoms with E-state index in [4.69, 9.17) is 9.84 Å². The summed E-state index contributed by atoms with van der Waals surface area (Å²) in [6, 6.07) is 13.0. The monoisotopic (exact) mass is 382 g/mol. The molecule has 2 aromatic rings. The second-order valence-corrected chi connectivity index (χ2v) is 6.58. The summed E-state index contributed by atoms with van der Waals surface area (Å²) in [5, 5.41) is 11.9. The van der Waals surface area contributed by atoms with Crippen molar-refractivity contribution in [3.8, 4) is 5.75 Å². The summed E-state index contributed by atoms with van der Waals surface area (Å²) >= 11 is 0. The Morgan fingerprint density at radius 2 is 1.82 bits per heavy atom. The van der Waals surface area contributed by atoms with Gasteiger partial charge in [-0.25, -0.2) is 4.90 Å². The summed E-state index contributed by atoms with van der Waals surface area (Å²) in [7, 11) is 0. The number of carbonyl (C=O) groups excluding carboxylic acids is 2. The minimum absolute atomic E-state index is 0.0593. The number of rotatable bonds is 8. The number of benzene rings is 2. The lowest BCUT2D eigenvalue weighted by molar-refractivity contribution is -0.136. The number of imide groups is 1. The topological polar surface area (TPSA) is 95.9 Å². The van der Waals surface area contributed by atoms with Crippen LogP contribution in [0.2, 0.25) is 0 Å². The van der Waals surface area contributed by atoms with E-state index in [1.807, 2.05) is 6.92 Å². The predicted molar refractivity (Wildman–Crippen MR) is 105 cm³/mol. The van der Waals surface area contributed by atoms with Gasteiger partial charge < -0.3 is 15.2 Å². The molecule has 2 aromatic carbocycles. The Balaban J connectivity index is 1.67. The van der Waals surface area contributed by atoms with Gasteiger partial charge in [-0.15, -0.1) is 0 Å². The maximum atomic E-state index is 12.7. The summed E-state index contributed by atoms with van der Waals surface area (Å²) in [5.41, 5.74) is 1.84. The number of nitrogens with zero attached hydrogens (tertiary/aromatic N) is 1. The van der Waals surface area contributed by atoms with Crippen molar-refractivity contribution in [3.05, 3.63) is 54.1 Å². The summed E-state index contributed by atoms with van der Waals surface area (Å²) in [6.45, 7) is 2.63. The maximum absolute atomic E-state index is 12.7. The molecule has 1 heterocycles. The Morgan fingerprint density at radius 1 is 1.14 bits per heavy atom. The lowest BCUT2D eigenvalue weighted by atomic mass is 10.1. The van der Waals surface area contributed by atoms with Crippen LogP contribution in [0.1, 0.15) is 25.3 Å². The highest BCUT2D eigenvalue weighted by Crippen LogP contribution is 2.27. The molecule has 1 aliphatic heterocycles. The average Bonchev–Trinajstić information content (AvgIpc) is 2.95. The van der Waals surface area contributed by atoms with Gasteiger partial charge in [0.25, 0.3) is 5.91 Å². The highest BCUT2D eigenvalue weighted by Gasteiger charge is 2.39. The van der Waals surface area contributed by atoms with E-state index in [9.17, 15) is 14.4 Å². The highest BCUT2D eigenvalue weighted by atomic mass is 16.5. The van der Waals surface area contributed by atoms with Crippen LogP contribution in [-0.2, 0) is 20.8 Å². The molecule has 28 heavy (non-hydrogen) atoms. The highest BCUT2D eigenvalue weighted by molar-refractivity contribution is 6.23. The van der Waals surface area contributed by atoms with Crippen LogP contribution in [0.15, 0.2) is 48.5 Å². The number of anilines is 2. The summed E-state index contributed by atoms with van der Waals surface area (Å²) in [6.07, 6.45) is 0.895. The zero-order chi connectivity index (χ0) is 20.1. The van der Waals surface area contributed by atoms with Crippen LogP contribution in [0.4, 0.5) is 11.4 Å². The van der Waals surface area contributed by atoms with Gasteiger partial charge in [0.1, 0.15) is 11.8 Å². The quantitative estimate of drug-likeness (QED) is 0.682. The number of carboxylic acid groups (broad SMARTS) is 1. The third-order valence-electron chi connectivity index (χ3n) is 4.36. The molecule has 3 rings (SSSR count). The molecular formula is C21H22N2O5. The first-order valence-corrected chi connectivity index (χ1v) is 9.15. The van der Waals surface area contributed by atoms with Crippen LogP contribution >= 0.6 is 0 Å². The molecule has 0 radical (unpaired) electrons. The molecule has 1 aliphatic rings. The van der Waals surface area contributed by atoms with E-state index in [-0.39, 0.29) is 24.7 Å². The molecule has 2 N–H and O–H groups in total. The van der Waals surface area contributed by atoms with Gasteiger partial charge in [-0.2, -0.15) is 0 Å². The minimum atomic E-state index is -0.904. The lowest BCUT2D eigenvalue weighted by Crippen LogP contribution is -2.34. The Bertz CT molecular complexity index is 861. The zero-order valence-electron chi connectivity index (χ0n) is 15.6. The summed E-state index contributed by atoms with van der Waals surface area (Å²) < 4.78 is 5.52. The van der Waals surface area contributed by atoms with Gasteiger partial charge in [0, 0.05) is 5.69 Å². The van der Waals surface area contributed by atoms with Gasteiger partial charge in [0.05, 0.1) is 25.1 Å². The third kappa shape index (κ3) is 4.49. The van der Waals surface area contributed by atoms with Crippen molar-refractivity contribution in [2.75, 3.05) is 16.8 Å². The summed E-state index contributed by atoms with van der Waals surface area (Å²) in [4.78, 5) is 37.0. The normalized spacial score (nSPS) is 16.3. The van der Waals surface area contributed by atoms with Crippen molar-refractivity contribution in [2.24, 2.45) is 0 Å². The van der Waals surface area contributed by atoms with E-state index in [0.29, 0.717) is 29.3 Å². The van der Waals surface area contributed by atoms with E-state index < -0.39 is 12.0 Å². The van der Waals surface area contributed by atoms with Gasteiger partial charge in [0.15, 0.2) is 0 Å². The van der Waals surface area contributed by atoms with Crippen molar-refractivity contribution >= 4 is 29.2 Å². The molecule has 0 spiro atoms. The molecule has 0 saturated carbocycles. The molecule has 0 bridgehead atoms. The number of hydrogen-bond acceptors (Lipinski definition) is 5. The van der Waals surface area contributed by atoms with Crippen molar-refractivity contribution in [1.29, 1.82) is 0 Å². The van der Waals surface area contributed by atoms with E-state index in [1.54, 1.807) is 48.5 Å². The Morgan fingerprint density at radius 3 is 2.43 bits per heavy atom. The molecule has 0 aromatic heterocycles. The average molecular weight is 382 g/mol. The van der Waals surface area contributed by atoms with Crippen LogP contribution in [-0.4, -0.2) is 35.5 Å². The number of hydrogen-bond donors (Lipinski definition) is 2. The van der Waals surface area contributed by atoms with Crippen LogP contribution in [0.25, 0.3) is 0 Å². The van der Waals surface area contributed by atoms with Crippen molar-refractivity contribution in [1.82, 2.24) is 0 Å². The molecule has 2 amide bonds. The molecule has 7 nitrogen and oxygen atoms in total. The molecular weight excluding hydrogens is 360 g/mol. The summed E-state index contributed by atoms with van der Waals surface area (Å²) in [5.74, 6) is -0.797. The standard InChI is InChI=1S/C21H22N2O5/c1-2-11-28-17-9-7-16(8-10-17)23-19(24)13-18(21(23)27)22-15-5-3-14(4-6-15)12-20(25)26/h3-10,18,22H,2,11-13H2,1H3,(H,25,26). The zero-order valence-corrected chi connectivity index (χ0v) is 15.6. The van der Waals surface area contributed by atoms with E-state index >= 15 is 0 Å². The van der Waals surface area contributed by atoms with E-state index in [2.05, 4.69) is 5.32 Å². The van der Waals surface area contributed by atoms with Gasteiger partial charge >= 0.3 is 5.97 Å². The number of aliphatic carboxylic acids is 1. The number of amides is 2. The van der Waals surface area contributed by atoms with Gasteiger partial charge in [-0.3, -0.25) is 14.4 Å². The fourth-order valence-electron chi connectivity index (χ4n) is 3.02. The third-order valence-corrected chi connectivity index (χ3v) is 4.36. The lowest BCUT2D eigenvalue weighted by Gasteiger charge is -2.16. The van der Waals surface area contributed by atoms with Crippen LogP contribution in [0.3, 0.4) is 0 Å². The van der Waals surface area contributed by atoms with E-state index in [1.165, 1.54) is 4.90 Å². The van der Waals surface area contributed by atoms with Crippen molar-refractivity contribution < 1.29 is 24.2 Å². The molecule has 7 heteroatoms. The fourth-order valence-corrected chi connectivity index (χ4v) is 3.02. The largest absolute Gasteiger partial charge is 0.494 e. The second-order valence-electron chi connectivity index (χ2n) is 6.58. The molecule has 1 fully saturated rings. The first kappa shape index (κ1) is 19.4. The number of carboxylic acids is 1. The SMILES string of the molecule is CCCOc1ccc(N2C(=O)CC(Nc3ccc(CC(=O)O)cc3)C2=O)cc1. The van der Waals surface area contributed by atoms with Gasteiger partial charge in [-0.05, 0) is 48.4 Å². The van der Waals surface area contributed by atoms with E-state index in [0.717, 1.165) is 6.42 Å². The molecule has 1 unspecified atom stereocenters. The number of nitrogens with one attached hydrogen (secondary N) is 1. The van der Waals surface area contributed by atoms with Gasteiger partial charge in [0.2, 0.25) is 5.91 Å². The maximum Gasteiger partial charge on any atom is 0.307 e. The van der Waals surface area contributed by atoms with Crippen LogP contribution < -0.4 is 15.0 Å². The molecule has 1 saturated heterocycles. The molecule has 146 valence electrons. The molecule has 1 atom stereocenters. The van der Waals surface area contributed by atoms with Crippen molar-refractivity contribution in [2.45, 2.75) is 32.2 Å². The first-order chi connectivity index (χ1) is 13.5. The smallest absolute Gasteiger partial charge is 0.307 e. The van der Waals surface area contributed by atoms with Crippen LogP contribution in [0.5, 0.6) is 5.75 Å².